The van der Waals surface area contributed by atoms with E-state index < -0.39 is 0 Å². The number of hydrogen-bond acceptors (Lipinski definition) is 2. The van der Waals surface area contributed by atoms with Crippen molar-refractivity contribution in [1.29, 1.82) is 0 Å². The van der Waals surface area contributed by atoms with Crippen LogP contribution in [0.25, 0.3) is 0 Å². The zero-order valence-corrected chi connectivity index (χ0v) is 5.80. The van der Waals surface area contributed by atoms with Crippen LogP contribution in [0.2, 0.25) is 0 Å². The molecule has 0 spiro atoms. The first-order valence-corrected chi connectivity index (χ1v) is 3.10. The Morgan fingerprint density at radius 3 is 2.50 bits per heavy atom. The van der Waals surface area contributed by atoms with Gasteiger partial charge in [-0.05, 0) is 12.5 Å². The van der Waals surface area contributed by atoms with Gasteiger partial charge in [-0.2, -0.15) is 0 Å². The van der Waals surface area contributed by atoms with Gasteiger partial charge in [0.1, 0.15) is 0 Å². The van der Waals surface area contributed by atoms with Crippen LogP contribution >= 0.6 is 0 Å². The summed E-state index contributed by atoms with van der Waals surface area (Å²) >= 11 is 0. The van der Waals surface area contributed by atoms with Crippen molar-refractivity contribution in [3.05, 3.63) is 12.7 Å². The summed E-state index contributed by atoms with van der Waals surface area (Å²) in [5.41, 5.74) is 4.84. The normalized spacial score (nSPS) is 8.80. The van der Waals surface area contributed by atoms with E-state index >= 15 is 0 Å². The molecule has 10 heavy (non-hydrogen) atoms. The quantitative estimate of drug-likeness (QED) is 0.574. The first-order valence-electron chi connectivity index (χ1n) is 3.10. The number of hydrogen-bond donors (Lipinski definition) is 1. The number of ketones is 1. The van der Waals surface area contributed by atoms with E-state index in [4.69, 9.17) is 5.73 Å². The zero-order chi connectivity index (χ0) is 7.98. The Labute approximate surface area is 61.4 Å². The Morgan fingerprint density at radius 1 is 1.50 bits per heavy atom. The minimum atomic E-state index is -0.364. The van der Waals surface area contributed by atoms with Gasteiger partial charge in [-0.15, -0.1) is 0 Å². The van der Waals surface area contributed by atoms with Gasteiger partial charge in [0, 0.05) is 14.3 Å². The van der Waals surface area contributed by atoms with Crippen LogP contribution in [0.15, 0.2) is 12.7 Å². The van der Waals surface area contributed by atoms with Crippen LogP contribution in [-0.4, -0.2) is 11.7 Å². The standard InChI is InChI=1S/C7H11NO2.H2/c1-2-6(9)4-3-5-7(8)10;/h2H,1,3-5H2,(H2,8,10);1H. The van der Waals surface area contributed by atoms with Crippen LogP contribution in [0.1, 0.15) is 20.7 Å². The topological polar surface area (TPSA) is 60.2 Å². The van der Waals surface area contributed by atoms with E-state index in [-0.39, 0.29) is 19.5 Å². The molecular weight excluding hydrogens is 130 g/mol. The van der Waals surface area contributed by atoms with Crippen molar-refractivity contribution in [3.63, 3.8) is 0 Å². The molecule has 0 radical (unpaired) electrons. The van der Waals surface area contributed by atoms with Crippen LogP contribution in [0.3, 0.4) is 0 Å². The predicted molar refractivity (Wildman–Crippen MR) is 40.4 cm³/mol. The third kappa shape index (κ3) is 5.03. The average Bonchev–Trinajstić information content (AvgIpc) is 1.87. The molecule has 0 unspecified atom stereocenters. The van der Waals surface area contributed by atoms with Crippen LogP contribution in [-0.2, 0) is 9.59 Å². The fourth-order valence-electron chi connectivity index (χ4n) is 0.539. The second kappa shape index (κ2) is 4.73. The predicted octanol–water partition coefficient (Wildman–Crippen LogP) is 0.643. The van der Waals surface area contributed by atoms with Gasteiger partial charge in [-0.1, -0.05) is 6.58 Å². The number of carbonyl (C=O) groups excluding carboxylic acids is 2. The number of nitrogens with two attached hydrogens (primary N) is 1. The lowest BCUT2D eigenvalue weighted by Gasteiger charge is -1.91. The van der Waals surface area contributed by atoms with Gasteiger partial charge < -0.3 is 5.73 Å². The molecule has 0 fully saturated rings. The highest BCUT2D eigenvalue weighted by Gasteiger charge is 1.97. The molecular formula is C7H13NO2. The highest BCUT2D eigenvalue weighted by Crippen LogP contribution is 1.95. The summed E-state index contributed by atoms with van der Waals surface area (Å²) < 4.78 is 0. The lowest BCUT2D eigenvalue weighted by atomic mass is 10.2. The molecule has 0 rings (SSSR count). The van der Waals surface area contributed by atoms with Crippen molar-refractivity contribution in [3.8, 4) is 0 Å². The lowest BCUT2D eigenvalue weighted by molar-refractivity contribution is -0.118. The van der Waals surface area contributed by atoms with E-state index in [9.17, 15) is 9.59 Å². The Hall–Kier alpha value is -1.12. The molecule has 0 heterocycles. The molecule has 0 saturated heterocycles. The molecule has 0 aromatic rings. The highest BCUT2D eigenvalue weighted by atomic mass is 16.1. The summed E-state index contributed by atoms with van der Waals surface area (Å²) in [5, 5.41) is 0. The summed E-state index contributed by atoms with van der Waals surface area (Å²) in [4.78, 5) is 20.7. The Morgan fingerprint density at radius 2 is 2.10 bits per heavy atom. The van der Waals surface area contributed by atoms with Crippen molar-refractivity contribution in [1.82, 2.24) is 0 Å². The second-order valence-electron chi connectivity index (χ2n) is 1.99. The first-order chi connectivity index (χ1) is 4.66. The summed E-state index contributed by atoms with van der Waals surface area (Å²) in [7, 11) is 0. The minimum Gasteiger partial charge on any atom is -0.370 e. The summed E-state index contributed by atoms with van der Waals surface area (Å²) in [6.45, 7) is 3.29. The molecule has 0 aliphatic rings. The molecule has 0 bridgehead atoms. The van der Waals surface area contributed by atoms with E-state index in [1.165, 1.54) is 6.08 Å². The molecule has 58 valence electrons. The van der Waals surface area contributed by atoms with E-state index in [2.05, 4.69) is 6.58 Å². The van der Waals surface area contributed by atoms with Crippen LogP contribution in [0.5, 0.6) is 0 Å². The van der Waals surface area contributed by atoms with Gasteiger partial charge in [0.15, 0.2) is 5.78 Å². The SMILES string of the molecule is C=CC(=O)CCCC(N)=O.[HH]. The number of primary amides is 1. The largest absolute Gasteiger partial charge is 0.370 e. The lowest BCUT2D eigenvalue weighted by Crippen LogP contribution is -2.10. The highest BCUT2D eigenvalue weighted by molar-refractivity contribution is 5.89. The molecule has 0 aromatic heterocycles. The van der Waals surface area contributed by atoms with Crippen molar-refractivity contribution in [2.24, 2.45) is 5.73 Å². The maximum absolute atomic E-state index is 10.5. The Kier molecular flexibility index (Phi) is 4.20. The zero-order valence-electron chi connectivity index (χ0n) is 5.80. The van der Waals surface area contributed by atoms with Gasteiger partial charge in [-0.3, -0.25) is 9.59 Å². The fraction of sp³-hybridized carbons (Fsp3) is 0.429. The van der Waals surface area contributed by atoms with E-state index in [0.29, 0.717) is 12.8 Å². The molecule has 0 saturated carbocycles. The average molecular weight is 143 g/mol. The van der Waals surface area contributed by atoms with E-state index in [1.807, 2.05) is 0 Å². The molecule has 2 N–H and O–H groups in total. The maximum atomic E-state index is 10.5. The first kappa shape index (κ1) is 8.88. The fourth-order valence-corrected chi connectivity index (χ4v) is 0.539. The van der Waals surface area contributed by atoms with Gasteiger partial charge in [0.05, 0.1) is 0 Å². The van der Waals surface area contributed by atoms with Crippen LogP contribution in [0.4, 0.5) is 0 Å². The van der Waals surface area contributed by atoms with Crippen molar-refractivity contribution >= 4 is 11.7 Å². The molecule has 1 amide bonds. The minimum absolute atomic E-state index is 0. The maximum Gasteiger partial charge on any atom is 0.217 e. The van der Waals surface area contributed by atoms with Gasteiger partial charge >= 0.3 is 0 Å². The number of rotatable bonds is 5. The molecule has 3 nitrogen and oxygen atoms in total. The third-order valence-electron chi connectivity index (χ3n) is 1.07. The Bertz CT molecular complexity index is 157. The summed E-state index contributed by atoms with van der Waals surface area (Å²) in [6.07, 6.45) is 2.42. The number of amides is 1. The Balaban J connectivity index is 0. The van der Waals surface area contributed by atoms with Crippen molar-refractivity contribution in [2.45, 2.75) is 19.3 Å². The van der Waals surface area contributed by atoms with Crippen LogP contribution in [0, 0.1) is 0 Å². The summed E-state index contributed by atoms with van der Waals surface area (Å²) in [5.74, 6) is -0.405. The van der Waals surface area contributed by atoms with E-state index in [1.54, 1.807) is 0 Å². The van der Waals surface area contributed by atoms with Gasteiger partial charge in [-0.25, -0.2) is 0 Å². The molecule has 0 atom stereocenters. The molecule has 3 heteroatoms. The smallest absolute Gasteiger partial charge is 0.217 e. The number of allylic oxidation sites excluding steroid dienone is 1. The van der Waals surface area contributed by atoms with Gasteiger partial charge in [0.25, 0.3) is 0 Å². The number of carbonyl (C=O) groups is 2. The van der Waals surface area contributed by atoms with Crippen molar-refractivity contribution < 1.29 is 11.0 Å². The van der Waals surface area contributed by atoms with Crippen molar-refractivity contribution in [2.75, 3.05) is 0 Å². The van der Waals surface area contributed by atoms with E-state index in [0.717, 1.165) is 0 Å². The summed E-state index contributed by atoms with van der Waals surface area (Å²) in [6, 6.07) is 0. The van der Waals surface area contributed by atoms with Crippen LogP contribution < -0.4 is 5.73 Å². The molecule has 0 aliphatic heterocycles. The monoisotopic (exact) mass is 143 g/mol. The third-order valence-corrected chi connectivity index (χ3v) is 1.07. The molecule has 0 aromatic carbocycles. The molecule has 0 aliphatic carbocycles. The second-order valence-corrected chi connectivity index (χ2v) is 1.99. The van der Waals surface area contributed by atoms with Gasteiger partial charge in [0.2, 0.25) is 5.91 Å².